The van der Waals surface area contributed by atoms with E-state index in [1.807, 2.05) is 42.6 Å². The Labute approximate surface area is 145 Å². The van der Waals surface area contributed by atoms with Crippen LogP contribution in [0.3, 0.4) is 0 Å². The second kappa shape index (κ2) is 5.56. The molecule has 0 aliphatic rings. The van der Waals surface area contributed by atoms with Gasteiger partial charge in [-0.3, -0.25) is 4.98 Å². The summed E-state index contributed by atoms with van der Waals surface area (Å²) in [6, 6.07) is 26.8. The third-order valence-corrected chi connectivity index (χ3v) is 4.46. The van der Waals surface area contributed by atoms with Gasteiger partial charge in [-0.2, -0.15) is 0 Å². The van der Waals surface area contributed by atoms with Crippen LogP contribution in [0, 0.1) is 0 Å². The highest BCUT2D eigenvalue weighted by atomic mass is 14.9. The maximum absolute atomic E-state index is 4.78. The van der Waals surface area contributed by atoms with Gasteiger partial charge in [0.15, 0.2) is 0 Å². The Balaban J connectivity index is 1.74. The molecule has 1 N–H and O–H groups in total. The molecular weight excluding hydrogens is 306 g/mol. The van der Waals surface area contributed by atoms with Crippen LogP contribution < -0.4 is 5.32 Å². The molecule has 0 unspecified atom stereocenters. The quantitative estimate of drug-likeness (QED) is 0.425. The number of hydrogen-bond acceptors (Lipinski definition) is 3. The van der Waals surface area contributed by atoms with Crippen molar-refractivity contribution in [1.29, 1.82) is 0 Å². The SMILES string of the molecule is c1cnc2ccc(Nc3c4ccccc4nc4ccccc34)cc2c1. The molecule has 5 aromatic rings. The molecule has 25 heavy (non-hydrogen) atoms. The summed E-state index contributed by atoms with van der Waals surface area (Å²) in [6.45, 7) is 0. The number of pyridine rings is 2. The number of nitrogens with zero attached hydrogens (tertiary/aromatic N) is 2. The smallest absolute Gasteiger partial charge is 0.0730 e. The summed E-state index contributed by atoms with van der Waals surface area (Å²) in [5, 5.41) is 6.97. The van der Waals surface area contributed by atoms with Gasteiger partial charge in [-0.1, -0.05) is 42.5 Å². The molecule has 3 nitrogen and oxygen atoms in total. The van der Waals surface area contributed by atoms with Crippen LogP contribution in [0.2, 0.25) is 0 Å². The van der Waals surface area contributed by atoms with E-state index >= 15 is 0 Å². The van der Waals surface area contributed by atoms with Crippen LogP contribution in [0.5, 0.6) is 0 Å². The van der Waals surface area contributed by atoms with E-state index in [-0.39, 0.29) is 0 Å². The maximum atomic E-state index is 4.78. The van der Waals surface area contributed by atoms with E-state index in [1.54, 1.807) is 0 Å². The summed E-state index contributed by atoms with van der Waals surface area (Å²) >= 11 is 0. The zero-order valence-corrected chi connectivity index (χ0v) is 13.5. The van der Waals surface area contributed by atoms with E-state index in [9.17, 15) is 0 Å². The molecule has 0 radical (unpaired) electrons. The Hall–Kier alpha value is -3.46. The number of hydrogen-bond donors (Lipinski definition) is 1. The molecule has 2 aromatic heterocycles. The normalized spacial score (nSPS) is 11.2. The molecule has 0 atom stereocenters. The van der Waals surface area contributed by atoms with Crippen LogP contribution in [0.1, 0.15) is 0 Å². The second-order valence-electron chi connectivity index (χ2n) is 6.06. The van der Waals surface area contributed by atoms with Crippen LogP contribution in [0.25, 0.3) is 32.7 Å². The highest BCUT2D eigenvalue weighted by Crippen LogP contribution is 2.33. The van der Waals surface area contributed by atoms with Crippen molar-refractivity contribution in [1.82, 2.24) is 9.97 Å². The third kappa shape index (κ3) is 2.37. The van der Waals surface area contributed by atoms with Crippen molar-refractivity contribution in [3.8, 4) is 0 Å². The van der Waals surface area contributed by atoms with E-state index in [0.717, 1.165) is 44.1 Å². The van der Waals surface area contributed by atoms with E-state index in [2.05, 4.69) is 52.8 Å². The van der Waals surface area contributed by atoms with Crippen LogP contribution in [-0.2, 0) is 0 Å². The molecule has 0 fully saturated rings. The standard InChI is InChI=1S/C22H15N3/c1-3-9-20-17(7-1)22(18-8-2-4-10-21(18)25-20)24-16-11-12-19-15(14-16)6-5-13-23-19/h1-14H,(H,24,25). The van der Waals surface area contributed by atoms with Crippen molar-refractivity contribution < 1.29 is 0 Å². The highest BCUT2D eigenvalue weighted by molar-refractivity contribution is 6.08. The molecule has 0 aliphatic heterocycles. The first-order valence-electron chi connectivity index (χ1n) is 8.28. The number of rotatable bonds is 2. The van der Waals surface area contributed by atoms with Gasteiger partial charge in [0.1, 0.15) is 0 Å². The molecule has 3 heteroatoms. The van der Waals surface area contributed by atoms with Gasteiger partial charge in [0.25, 0.3) is 0 Å². The van der Waals surface area contributed by atoms with E-state index in [4.69, 9.17) is 4.98 Å². The van der Waals surface area contributed by atoms with Gasteiger partial charge in [-0.15, -0.1) is 0 Å². The minimum Gasteiger partial charge on any atom is -0.354 e. The largest absolute Gasteiger partial charge is 0.354 e. The predicted octanol–water partition coefficient (Wildman–Crippen LogP) is 5.68. The Bertz CT molecular complexity index is 1170. The zero-order valence-electron chi connectivity index (χ0n) is 13.5. The number of fused-ring (bicyclic) bond motifs is 3. The van der Waals surface area contributed by atoms with Crippen LogP contribution in [0.4, 0.5) is 11.4 Å². The second-order valence-corrected chi connectivity index (χ2v) is 6.06. The Morgan fingerprint density at radius 1 is 0.640 bits per heavy atom. The maximum Gasteiger partial charge on any atom is 0.0730 e. The van der Waals surface area contributed by atoms with Gasteiger partial charge in [-0.05, 0) is 36.4 Å². The third-order valence-electron chi connectivity index (χ3n) is 4.46. The molecule has 0 aliphatic carbocycles. The lowest BCUT2D eigenvalue weighted by Gasteiger charge is -2.13. The average Bonchev–Trinajstić information content (AvgIpc) is 2.68. The van der Waals surface area contributed by atoms with Gasteiger partial charge >= 0.3 is 0 Å². The monoisotopic (exact) mass is 321 g/mol. The van der Waals surface area contributed by atoms with Crippen molar-refractivity contribution in [3.63, 3.8) is 0 Å². The lowest BCUT2D eigenvalue weighted by atomic mass is 10.1. The summed E-state index contributed by atoms with van der Waals surface area (Å²) in [4.78, 5) is 9.17. The fourth-order valence-corrected chi connectivity index (χ4v) is 3.27. The molecule has 0 bridgehead atoms. The van der Waals surface area contributed by atoms with Crippen molar-refractivity contribution in [2.45, 2.75) is 0 Å². The molecule has 3 aromatic carbocycles. The van der Waals surface area contributed by atoms with Crippen molar-refractivity contribution in [2.24, 2.45) is 0 Å². The molecular formula is C22H15N3. The molecule has 0 amide bonds. The predicted molar refractivity (Wildman–Crippen MR) is 104 cm³/mol. The summed E-state index contributed by atoms with van der Waals surface area (Å²) < 4.78 is 0. The first-order valence-corrected chi connectivity index (χ1v) is 8.28. The fourth-order valence-electron chi connectivity index (χ4n) is 3.27. The van der Waals surface area contributed by atoms with Gasteiger partial charge in [0, 0.05) is 28.0 Å². The Morgan fingerprint density at radius 2 is 1.36 bits per heavy atom. The van der Waals surface area contributed by atoms with Gasteiger partial charge < -0.3 is 5.32 Å². The first-order chi connectivity index (χ1) is 12.4. The van der Waals surface area contributed by atoms with Crippen molar-refractivity contribution in [3.05, 3.63) is 85.1 Å². The minimum absolute atomic E-state index is 0.992. The number of anilines is 2. The summed E-state index contributed by atoms with van der Waals surface area (Å²) in [6.07, 6.45) is 1.82. The number of benzene rings is 3. The summed E-state index contributed by atoms with van der Waals surface area (Å²) in [7, 11) is 0. The number of aromatic nitrogens is 2. The molecule has 118 valence electrons. The number of nitrogens with one attached hydrogen (secondary N) is 1. The van der Waals surface area contributed by atoms with Crippen molar-refractivity contribution in [2.75, 3.05) is 5.32 Å². The molecule has 0 saturated heterocycles. The van der Waals surface area contributed by atoms with E-state index < -0.39 is 0 Å². The van der Waals surface area contributed by atoms with Crippen LogP contribution in [0.15, 0.2) is 85.1 Å². The zero-order chi connectivity index (χ0) is 16.6. The molecule has 5 rings (SSSR count). The lowest BCUT2D eigenvalue weighted by molar-refractivity contribution is 1.41. The summed E-state index contributed by atoms with van der Waals surface area (Å²) in [5.41, 5.74) is 5.11. The van der Waals surface area contributed by atoms with Crippen molar-refractivity contribution >= 4 is 44.1 Å². The van der Waals surface area contributed by atoms with Crippen LogP contribution >= 0.6 is 0 Å². The topological polar surface area (TPSA) is 37.8 Å². The van der Waals surface area contributed by atoms with E-state index in [0.29, 0.717) is 0 Å². The highest BCUT2D eigenvalue weighted by Gasteiger charge is 2.09. The Kier molecular flexibility index (Phi) is 3.10. The first kappa shape index (κ1) is 13.9. The molecule has 0 saturated carbocycles. The fraction of sp³-hybridized carbons (Fsp3) is 0. The number of para-hydroxylation sites is 2. The lowest BCUT2D eigenvalue weighted by Crippen LogP contribution is -1.95. The molecule has 0 spiro atoms. The average molecular weight is 321 g/mol. The summed E-state index contributed by atoms with van der Waals surface area (Å²) in [5.74, 6) is 0. The Morgan fingerprint density at radius 3 is 2.12 bits per heavy atom. The van der Waals surface area contributed by atoms with Crippen LogP contribution in [-0.4, -0.2) is 9.97 Å². The van der Waals surface area contributed by atoms with E-state index in [1.165, 1.54) is 0 Å². The minimum atomic E-state index is 0.992. The van der Waals surface area contributed by atoms with Gasteiger partial charge in [0.2, 0.25) is 0 Å². The molecule has 2 heterocycles. The van der Waals surface area contributed by atoms with Gasteiger partial charge in [-0.25, -0.2) is 4.98 Å². The van der Waals surface area contributed by atoms with Gasteiger partial charge in [0.05, 0.1) is 22.2 Å².